The zero-order chi connectivity index (χ0) is 25.9. The number of rotatable bonds is 6. The standard InChI is InChI=1S/C29H21BrN2O4S/c1-32-27(33)26(37-29(32)31-22-12-10-20(11-13-22)28(34)35)16-18-9-14-25(24(30)15-18)36-17-21-7-4-6-19-5-2-3-8-23(19)21/h2-16H,17H2,1H3,(H,34,35). The number of likely N-dealkylation sites (N-methyl/N-ethyl adjacent to an activating group) is 1. The number of hydrogen-bond acceptors (Lipinski definition) is 5. The largest absolute Gasteiger partial charge is 0.488 e. The smallest absolute Gasteiger partial charge is 0.335 e. The molecule has 0 atom stereocenters. The van der Waals surface area contributed by atoms with Crippen molar-refractivity contribution in [2.75, 3.05) is 7.05 Å². The van der Waals surface area contributed by atoms with E-state index in [0.717, 1.165) is 15.6 Å². The maximum atomic E-state index is 12.8. The Balaban J connectivity index is 1.31. The highest BCUT2D eigenvalue weighted by Gasteiger charge is 2.30. The second-order valence-electron chi connectivity index (χ2n) is 8.34. The number of aromatic carboxylic acids is 1. The van der Waals surface area contributed by atoms with Crippen molar-refractivity contribution in [1.82, 2.24) is 4.90 Å². The van der Waals surface area contributed by atoms with Gasteiger partial charge in [-0.1, -0.05) is 48.5 Å². The molecular formula is C29H21BrN2O4S. The molecule has 184 valence electrons. The molecule has 0 unspecified atom stereocenters. The van der Waals surface area contributed by atoms with E-state index in [1.54, 1.807) is 19.2 Å². The van der Waals surface area contributed by atoms with Crippen LogP contribution in [0.1, 0.15) is 21.5 Å². The van der Waals surface area contributed by atoms with Crippen LogP contribution >= 0.6 is 27.7 Å². The number of aliphatic imine (C=N–C) groups is 1. The van der Waals surface area contributed by atoms with Gasteiger partial charge in [-0.25, -0.2) is 9.79 Å². The molecular weight excluding hydrogens is 552 g/mol. The van der Waals surface area contributed by atoms with Gasteiger partial charge in [0.1, 0.15) is 12.4 Å². The van der Waals surface area contributed by atoms with Gasteiger partial charge in [0, 0.05) is 7.05 Å². The Hall–Kier alpha value is -3.88. The van der Waals surface area contributed by atoms with Crippen LogP contribution in [0.15, 0.2) is 99.3 Å². The Kier molecular flexibility index (Phi) is 7.12. The molecule has 0 bridgehead atoms. The lowest BCUT2D eigenvalue weighted by Gasteiger charge is -2.11. The van der Waals surface area contributed by atoms with Crippen molar-refractivity contribution < 1.29 is 19.4 Å². The zero-order valence-electron chi connectivity index (χ0n) is 19.7. The first-order valence-electron chi connectivity index (χ1n) is 11.4. The molecule has 4 aromatic rings. The minimum absolute atomic E-state index is 0.154. The molecule has 1 heterocycles. The fraction of sp³-hybridized carbons (Fsp3) is 0.0690. The first-order valence-corrected chi connectivity index (χ1v) is 13.0. The summed E-state index contributed by atoms with van der Waals surface area (Å²) in [4.78, 5) is 30.4. The number of hydrogen-bond donors (Lipinski definition) is 1. The number of carboxylic acid groups (broad SMARTS) is 1. The highest BCUT2D eigenvalue weighted by Crippen LogP contribution is 2.35. The van der Waals surface area contributed by atoms with Gasteiger partial charge >= 0.3 is 5.97 Å². The Bertz CT molecular complexity index is 1580. The van der Waals surface area contributed by atoms with E-state index >= 15 is 0 Å². The number of carboxylic acids is 1. The number of fused-ring (bicyclic) bond motifs is 1. The van der Waals surface area contributed by atoms with Crippen LogP contribution in [0.5, 0.6) is 5.75 Å². The normalized spacial score (nSPS) is 15.6. The van der Waals surface area contributed by atoms with Crippen molar-refractivity contribution in [3.8, 4) is 5.75 Å². The van der Waals surface area contributed by atoms with E-state index in [0.29, 0.717) is 28.1 Å². The van der Waals surface area contributed by atoms with Gasteiger partial charge in [-0.15, -0.1) is 0 Å². The van der Waals surface area contributed by atoms with Crippen LogP contribution in [-0.2, 0) is 11.4 Å². The molecule has 0 saturated carbocycles. The van der Waals surface area contributed by atoms with Crippen LogP contribution in [0.2, 0.25) is 0 Å². The van der Waals surface area contributed by atoms with Gasteiger partial charge in [0.05, 0.1) is 20.6 Å². The molecule has 4 aromatic carbocycles. The maximum absolute atomic E-state index is 12.8. The molecule has 0 radical (unpaired) electrons. The van der Waals surface area contributed by atoms with Gasteiger partial charge in [0.2, 0.25) is 0 Å². The van der Waals surface area contributed by atoms with E-state index in [9.17, 15) is 9.59 Å². The molecule has 1 saturated heterocycles. The average Bonchev–Trinajstić information content (AvgIpc) is 3.16. The molecule has 1 amide bonds. The number of thioether (sulfide) groups is 1. The summed E-state index contributed by atoms with van der Waals surface area (Å²) in [6.45, 7) is 0.437. The second kappa shape index (κ2) is 10.6. The number of carbonyl (C=O) groups is 2. The van der Waals surface area contributed by atoms with E-state index in [1.165, 1.54) is 39.6 Å². The van der Waals surface area contributed by atoms with E-state index in [-0.39, 0.29) is 11.5 Å². The summed E-state index contributed by atoms with van der Waals surface area (Å²) in [6, 6.07) is 26.3. The number of amides is 1. The molecule has 0 aromatic heterocycles. The Morgan fingerprint density at radius 2 is 1.81 bits per heavy atom. The summed E-state index contributed by atoms with van der Waals surface area (Å²) in [7, 11) is 1.67. The van der Waals surface area contributed by atoms with Crippen molar-refractivity contribution in [1.29, 1.82) is 0 Å². The summed E-state index contributed by atoms with van der Waals surface area (Å²) in [6.07, 6.45) is 1.82. The third-order valence-electron chi connectivity index (χ3n) is 5.86. The third kappa shape index (κ3) is 5.45. The van der Waals surface area contributed by atoms with Crippen molar-refractivity contribution in [2.24, 2.45) is 4.99 Å². The Labute approximate surface area is 226 Å². The lowest BCUT2D eigenvalue weighted by molar-refractivity contribution is -0.121. The van der Waals surface area contributed by atoms with Crippen LogP contribution in [0, 0.1) is 0 Å². The minimum Gasteiger partial charge on any atom is -0.488 e. The monoisotopic (exact) mass is 572 g/mol. The van der Waals surface area contributed by atoms with Gasteiger partial charge in [0.25, 0.3) is 5.91 Å². The lowest BCUT2D eigenvalue weighted by Crippen LogP contribution is -2.23. The molecule has 5 rings (SSSR count). The first kappa shape index (κ1) is 24.8. The predicted octanol–water partition coefficient (Wildman–Crippen LogP) is 7.11. The number of nitrogens with zero attached hydrogens (tertiary/aromatic N) is 2. The molecule has 0 spiro atoms. The zero-order valence-corrected chi connectivity index (χ0v) is 22.1. The quantitative estimate of drug-likeness (QED) is 0.249. The van der Waals surface area contributed by atoms with Crippen molar-refractivity contribution in [2.45, 2.75) is 6.61 Å². The Morgan fingerprint density at radius 1 is 1.05 bits per heavy atom. The van der Waals surface area contributed by atoms with Gasteiger partial charge in [-0.3, -0.25) is 9.69 Å². The minimum atomic E-state index is -0.997. The summed E-state index contributed by atoms with van der Waals surface area (Å²) >= 11 is 4.87. The summed E-state index contributed by atoms with van der Waals surface area (Å²) < 4.78 is 6.89. The van der Waals surface area contributed by atoms with Crippen molar-refractivity contribution >= 4 is 67.3 Å². The van der Waals surface area contributed by atoms with Crippen molar-refractivity contribution in [3.05, 3.63) is 111 Å². The Morgan fingerprint density at radius 3 is 2.57 bits per heavy atom. The summed E-state index contributed by atoms with van der Waals surface area (Å²) in [5, 5.41) is 11.9. The van der Waals surface area contributed by atoms with Gasteiger partial charge in [0.15, 0.2) is 5.17 Å². The van der Waals surface area contributed by atoms with Crippen molar-refractivity contribution in [3.63, 3.8) is 0 Å². The van der Waals surface area contributed by atoms with E-state index in [2.05, 4.69) is 45.2 Å². The number of carbonyl (C=O) groups excluding carboxylic acids is 1. The topological polar surface area (TPSA) is 79.2 Å². The van der Waals surface area contributed by atoms with Gasteiger partial charge < -0.3 is 9.84 Å². The summed E-state index contributed by atoms with van der Waals surface area (Å²) in [5.74, 6) is -0.439. The maximum Gasteiger partial charge on any atom is 0.335 e. The molecule has 1 aliphatic heterocycles. The molecule has 1 N–H and O–H groups in total. The predicted molar refractivity (Wildman–Crippen MR) is 151 cm³/mol. The highest BCUT2D eigenvalue weighted by atomic mass is 79.9. The van der Waals surface area contributed by atoms with Crippen LogP contribution < -0.4 is 4.74 Å². The van der Waals surface area contributed by atoms with E-state index in [1.807, 2.05) is 42.5 Å². The SMILES string of the molecule is CN1C(=O)C(=Cc2ccc(OCc3cccc4ccccc34)c(Br)c2)SC1=Nc1ccc(C(=O)O)cc1. The molecule has 1 aliphatic rings. The fourth-order valence-corrected chi connectivity index (χ4v) is 5.39. The average molecular weight is 573 g/mol. The van der Waals surface area contributed by atoms with E-state index in [4.69, 9.17) is 9.84 Å². The number of benzene rings is 4. The molecule has 8 heteroatoms. The fourth-order valence-electron chi connectivity index (χ4n) is 3.89. The van der Waals surface area contributed by atoms with Crippen LogP contribution in [0.3, 0.4) is 0 Å². The number of ether oxygens (including phenoxy) is 1. The van der Waals surface area contributed by atoms with Gasteiger partial charge in [-0.2, -0.15) is 0 Å². The van der Waals surface area contributed by atoms with E-state index < -0.39 is 5.97 Å². The summed E-state index contributed by atoms with van der Waals surface area (Å²) in [5.41, 5.74) is 2.71. The number of halogens is 1. The first-order chi connectivity index (χ1) is 17.9. The third-order valence-corrected chi connectivity index (χ3v) is 7.54. The van der Waals surface area contributed by atoms with Crippen LogP contribution in [0.25, 0.3) is 16.8 Å². The molecule has 1 fully saturated rings. The molecule has 6 nitrogen and oxygen atoms in total. The number of amidine groups is 1. The molecule has 37 heavy (non-hydrogen) atoms. The van der Waals surface area contributed by atoms with Crippen LogP contribution in [0.4, 0.5) is 5.69 Å². The molecule has 0 aliphatic carbocycles. The highest BCUT2D eigenvalue weighted by molar-refractivity contribution is 9.10. The van der Waals surface area contributed by atoms with Crippen LogP contribution in [-0.4, -0.2) is 34.1 Å². The van der Waals surface area contributed by atoms with Gasteiger partial charge in [-0.05, 0) is 92.1 Å². The lowest BCUT2D eigenvalue weighted by atomic mass is 10.1. The second-order valence-corrected chi connectivity index (χ2v) is 10.2.